The minimum absolute atomic E-state index is 0.0620. The van der Waals surface area contributed by atoms with Gasteiger partial charge in [-0.1, -0.05) is 33.8 Å². The second-order valence-corrected chi connectivity index (χ2v) is 5.38. The summed E-state index contributed by atoms with van der Waals surface area (Å²) in [4.78, 5) is 11.8. The van der Waals surface area contributed by atoms with Crippen molar-refractivity contribution in [1.82, 2.24) is 5.32 Å². The van der Waals surface area contributed by atoms with E-state index in [9.17, 15) is 9.90 Å². The number of hydrogen-bond acceptors (Lipinski definition) is 2. The minimum Gasteiger partial charge on any atom is -0.508 e. The van der Waals surface area contributed by atoms with Gasteiger partial charge in [0.15, 0.2) is 0 Å². The molecule has 0 atom stereocenters. The summed E-state index contributed by atoms with van der Waals surface area (Å²) in [6.45, 7) is 9.15. The Morgan fingerprint density at radius 1 is 1.41 bits per heavy atom. The molecule has 0 unspecified atom stereocenters. The Balaban J connectivity index is 2.62. The molecular weight excluding hydrogens is 214 g/mol. The average Bonchev–Trinajstić information content (AvgIpc) is 2.25. The van der Waals surface area contributed by atoms with Gasteiger partial charge in [0.05, 0.1) is 0 Å². The van der Waals surface area contributed by atoms with Gasteiger partial charge in [0, 0.05) is 12.1 Å². The molecule has 0 radical (unpaired) electrons. The maximum Gasteiger partial charge on any atom is 0.251 e. The first-order valence-electron chi connectivity index (χ1n) is 5.90. The number of rotatable bonds is 4. The molecule has 2 N–H and O–H groups in total. The molecule has 0 aromatic heterocycles. The molecule has 0 heterocycles. The number of aromatic hydroxyl groups is 1. The molecule has 0 saturated heterocycles. The predicted molar refractivity (Wildman–Crippen MR) is 69.1 cm³/mol. The molecule has 1 amide bonds. The highest BCUT2D eigenvalue weighted by Crippen LogP contribution is 2.24. The SMILES string of the molecule is CC(C)C(C)(C)CNC(=O)c1cccc(O)c1. The first kappa shape index (κ1) is 13.6. The van der Waals surface area contributed by atoms with E-state index >= 15 is 0 Å². The second kappa shape index (κ2) is 5.21. The summed E-state index contributed by atoms with van der Waals surface area (Å²) in [5, 5.41) is 12.2. The zero-order chi connectivity index (χ0) is 13.1. The lowest BCUT2D eigenvalue weighted by atomic mass is 9.81. The molecule has 1 aromatic carbocycles. The van der Waals surface area contributed by atoms with Crippen molar-refractivity contribution in [3.63, 3.8) is 0 Å². The minimum atomic E-state index is -0.144. The molecule has 1 rings (SSSR count). The molecule has 1 aromatic rings. The van der Waals surface area contributed by atoms with Crippen LogP contribution in [-0.2, 0) is 0 Å². The van der Waals surface area contributed by atoms with E-state index in [1.165, 1.54) is 6.07 Å². The van der Waals surface area contributed by atoms with Gasteiger partial charge in [0.25, 0.3) is 5.91 Å². The Labute approximate surface area is 103 Å². The fourth-order valence-corrected chi connectivity index (χ4v) is 1.26. The van der Waals surface area contributed by atoms with Gasteiger partial charge in [-0.3, -0.25) is 4.79 Å². The van der Waals surface area contributed by atoms with Crippen LogP contribution in [-0.4, -0.2) is 17.6 Å². The fourth-order valence-electron chi connectivity index (χ4n) is 1.26. The molecule has 0 spiro atoms. The Bertz CT molecular complexity index is 397. The maximum atomic E-state index is 11.8. The lowest BCUT2D eigenvalue weighted by Gasteiger charge is -2.29. The zero-order valence-electron chi connectivity index (χ0n) is 10.9. The number of hydrogen-bond donors (Lipinski definition) is 2. The molecule has 3 nitrogen and oxygen atoms in total. The Morgan fingerprint density at radius 2 is 2.06 bits per heavy atom. The standard InChI is InChI=1S/C14H21NO2/c1-10(2)14(3,4)9-15-13(17)11-6-5-7-12(16)8-11/h5-8,10,16H,9H2,1-4H3,(H,15,17). The molecule has 0 fully saturated rings. The van der Waals surface area contributed by atoms with Crippen LogP contribution in [0.2, 0.25) is 0 Å². The number of nitrogens with one attached hydrogen (secondary N) is 1. The molecule has 0 aliphatic heterocycles. The summed E-state index contributed by atoms with van der Waals surface area (Å²) >= 11 is 0. The van der Waals surface area contributed by atoms with Gasteiger partial charge in [0.1, 0.15) is 5.75 Å². The summed E-state index contributed by atoms with van der Waals surface area (Å²) in [6, 6.07) is 6.38. The molecule has 94 valence electrons. The van der Waals surface area contributed by atoms with Crippen molar-refractivity contribution >= 4 is 5.91 Å². The Morgan fingerprint density at radius 3 is 2.59 bits per heavy atom. The van der Waals surface area contributed by atoms with Crippen molar-refractivity contribution in [3.8, 4) is 5.75 Å². The van der Waals surface area contributed by atoms with Gasteiger partial charge in [0.2, 0.25) is 0 Å². The van der Waals surface area contributed by atoms with Gasteiger partial charge in [-0.25, -0.2) is 0 Å². The second-order valence-electron chi connectivity index (χ2n) is 5.38. The van der Waals surface area contributed by atoms with Gasteiger partial charge in [-0.2, -0.15) is 0 Å². The van der Waals surface area contributed by atoms with Crippen molar-refractivity contribution in [2.24, 2.45) is 11.3 Å². The quantitative estimate of drug-likeness (QED) is 0.843. The summed E-state index contributed by atoms with van der Waals surface area (Å²) in [7, 11) is 0. The predicted octanol–water partition coefficient (Wildman–Crippen LogP) is 2.80. The third kappa shape index (κ3) is 3.77. The third-order valence-corrected chi connectivity index (χ3v) is 3.38. The molecule has 0 aliphatic carbocycles. The van der Waals surface area contributed by atoms with E-state index in [1.54, 1.807) is 18.2 Å². The van der Waals surface area contributed by atoms with Crippen LogP contribution in [0, 0.1) is 11.3 Å². The summed E-state index contributed by atoms with van der Waals surface area (Å²) in [5.41, 5.74) is 0.552. The molecular formula is C14H21NO2. The highest BCUT2D eigenvalue weighted by molar-refractivity contribution is 5.94. The monoisotopic (exact) mass is 235 g/mol. The zero-order valence-corrected chi connectivity index (χ0v) is 10.9. The van der Waals surface area contributed by atoms with Crippen LogP contribution >= 0.6 is 0 Å². The highest BCUT2D eigenvalue weighted by atomic mass is 16.3. The highest BCUT2D eigenvalue weighted by Gasteiger charge is 2.23. The lowest BCUT2D eigenvalue weighted by Crippen LogP contribution is -2.36. The van der Waals surface area contributed by atoms with Crippen molar-refractivity contribution < 1.29 is 9.90 Å². The van der Waals surface area contributed by atoms with Crippen LogP contribution in [0.4, 0.5) is 0 Å². The van der Waals surface area contributed by atoms with E-state index < -0.39 is 0 Å². The van der Waals surface area contributed by atoms with Crippen LogP contribution in [0.1, 0.15) is 38.1 Å². The van der Waals surface area contributed by atoms with E-state index in [-0.39, 0.29) is 17.1 Å². The molecule has 0 saturated carbocycles. The first-order valence-corrected chi connectivity index (χ1v) is 5.90. The van der Waals surface area contributed by atoms with Crippen LogP contribution in [0.3, 0.4) is 0 Å². The first-order chi connectivity index (χ1) is 7.83. The van der Waals surface area contributed by atoms with Crippen molar-refractivity contribution in [2.45, 2.75) is 27.7 Å². The van der Waals surface area contributed by atoms with Gasteiger partial charge in [-0.05, 0) is 29.5 Å². The molecule has 0 aliphatic rings. The van der Waals surface area contributed by atoms with E-state index in [0.717, 1.165) is 0 Å². The Hall–Kier alpha value is -1.51. The number of carbonyl (C=O) groups excluding carboxylic acids is 1. The van der Waals surface area contributed by atoms with Crippen molar-refractivity contribution in [1.29, 1.82) is 0 Å². The van der Waals surface area contributed by atoms with Gasteiger partial charge >= 0.3 is 0 Å². The summed E-state index contributed by atoms with van der Waals surface area (Å²) in [6.07, 6.45) is 0. The van der Waals surface area contributed by atoms with Crippen molar-refractivity contribution in [3.05, 3.63) is 29.8 Å². The molecule has 3 heteroatoms. The van der Waals surface area contributed by atoms with E-state index in [2.05, 4.69) is 33.0 Å². The van der Waals surface area contributed by atoms with Crippen LogP contribution < -0.4 is 5.32 Å². The largest absolute Gasteiger partial charge is 0.508 e. The van der Waals surface area contributed by atoms with E-state index in [1.807, 2.05) is 0 Å². The van der Waals surface area contributed by atoms with Crippen molar-refractivity contribution in [2.75, 3.05) is 6.54 Å². The molecule has 0 bridgehead atoms. The van der Waals surface area contributed by atoms with E-state index in [0.29, 0.717) is 18.0 Å². The molecule has 17 heavy (non-hydrogen) atoms. The van der Waals surface area contributed by atoms with Gasteiger partial charge < -0.3 is 10.4 Å². The fraction of sp³-hybridized carbons (Fsp3) is 0.500. The van der Waals surface area contributed by atoms with Crippen LogP contribution in [0.5, 0.6) is 5.75 Å². The van der Waals surface area contributed by atoms with Crippen LogP contribution in [0.25, 0.3) is 0 Å². The van der Waals surface area contributed by atoms with Gasteiger partial charge in [-0.15, -0.1) is 0 Å². The average molecular weight is 235 g/mol. The number of benzene rings is 1. The third-order valence-electron chi connectivity index (χ3n) is 3.38. The summed E-state index contributed by atoms with van der Waals surface area (Å²) < 4.78 is 0. The number of phenolic OH excluding ortho intramolecular Hbond substituents is 1. The summed E-state index contributed by atoms with van der Waals surface area (Å²) in [5.74, 6) is 0.461. The maximum absolute atomic E-state index is 11.8. The number of phenols is 1. The number of carbonyl (C=O) groups is 1. The normalized spacial score (nSPS) is 11.6. The Kier molecular flexibility index (Phi) is 4.16. The van der Waals surface area contributed by atoms with E-state index in [4.69, 9.17) is 0 Å². The lowest BCUT2D eigenvalue weighted by molar-refractivity contribution is 0.0924. The topological polar surface area (TPSA) is 49.3 Å². The number of amides is 1. The smallest absolute Gasteiger partial charge is 0.251 e. The van der Waals surface area contributed by atoms with Crippen LogP contribution in [0.15, 0.2) is 24.3 Å².